The first-order valence-electron chi connectivity index (χ1n) is 8.44. The van der Waals surface area contributed by atoms with E-state index in [1.165, 1.54) is 18.4 Å². The van der Waals surface area contributed by atoms with Crippen LogP contribution in [0.15, 0.2) is 30.3 Å². The van der Waals surface area contributed by atoms with Gasteiger partial charge in [-0.15, -0.1) is 0 Å². The predicted octanol–water partition coefficient (Wildman–Crippen LogP) is 2.81. The van der Waals surface area contributed by atoms with Gasteiger partial charge in [0, 0.05) is 19.1 Å². The minimum Gasteiger partial charge on any atom is -0.395 e. The molecule has 1 aromatic rings. The summed E-state index contributed by atoms with van der Waals surface area (Å²) in [4.78, 5) is 14.1. The number of rotatable bonds is 7. The standard InChI is InChI=1S/C18H28N2O2/c1-2-11-20(12-13-21)18(22)19-17-10-6-9-16(17)14-15-7-4-3-5-8-15/h3-5,7-8,16-17,21H,2,6,9-14H2,1H3,(H,19,22). The Hall–Kier alpha value is -1.55. The highest BCUT2D eigenvalue weighted by molar-refractivity contribution is 5.74. The van der Waals surface area contributed by atoms with Crippen molar-refractivity contribution in [3.05, 3.63) is 35.9 Å². The quantitative estimate of drug-likeness (QED) is 0.814. The minimum absolute atomic E-state index is 0.0194. The molecule has 1 saturated carbocycles. The van der Waals surface area contributed by atoms with Gasteiger partial charge < -0.3 is 15.3 Å². The Morgan fingerprint density at radius 2 is 2.05 bits per heavy atom. The third kappa shape index (κ3) is 4.73. The van der Waals surface area contributed by atoms with Gasteiger partial charge in [0.2, 0.25) is 0 Å². The largest absolute Gasteiger partial charge is 0.395 e. The molecule has 2 amide bonds. The molecule has 0 bridgehead atoms. The minimum atomic E-state index is -0.0270. The van der Waals surface area contributed by atoms with Crippen LogP contribution < -0.4 is 5.32 Å². The Morgan fingerprint density at radius 1 is 1.27 bits per heavy atom. The van der Waals surface area contributed by atoms with Crippen LogP contribution in [0.3, 0.4) is 0 Å². The Bertz CT molecular complexity index is 444. The van der Waals surface area contributed by atoms with Crippen LogP contribution in [0.4, 0.5) is 4.79 Å². The number of amides is 2. The van der Waals surface area contributed by atoms with Gasteiger partial charge in [-0.1, -0.05) is 43.7 Å². The average molecular weight is 304 g/mol. The van der Waals surface area contributed by atoms with Gasteiger partial charge in [0.1, 0.15) is 0 Å². The maximum atomic E-state index is 12.4. The molecule has 0 aliphatic heterocycles. The molecular weight excluding hydrogens is 276 g/mol. The molecule has 2 rings (SSSR count). The summed E-state index contributed by atoms with van der Waals surface area (Å²) in [6, 6.07) is 10.7. The fraction of sp³-hybridized carbons (Fsp3) is 0.611. The lowest BCUT2D eigenvalue weighted by molar-refractivity contribution is 0.171. The highest BCUT2D eigenvalue weighted by Crippen LogP contribution is 2.29. The van der Waals surface area contributed by atoms with Crippen molar-refractivity contribution in [1.82, 2.24) is 10.2 Å². The highest BCUT2D eigenvalue weighted by atomic mass is 16.3. The molecule has 0 aromatic heterocycles. The van der Waals surface area contributed by atoms with Gasteiger partial charge in [0.05, 0.1) is 6.61 Å². The van der Waals surface area contributed by atoms with E-state index in [9.17, 15) is 4.79 Å². The molecule has 22 heavy (non-hydrogen) atoms. The van der Waals surface area contributed by atoms with Gasteiger partial charge in [-0.05, 0) is 37.2 Å². The number of carbonyl (C=O) groups excluding carboxylic acids is 1. The van der Waals surface area contributed by atoms with Gasteiger partial charge in [-0.3, -0.25) is 0 Å². The molecule has 0 spiro atoms. The van der Waals surface area contributed by atoms with E-state index in [1.54, 1.807) is 4.90 Å². The lowest BCUT2D eigenvalue weighted by atomic mass is 9.95. The molecule has 4 nitrogen and oxygen atoms in total. The number of nitrogens with one attached hydrogen (secondary N) is 1. The van der Waals surface area contributed by atoms with Gasteiger partial charge in [-0.2, -0.15) is 0 Å². The van der Waals surface area contributed by atoms with Crippen molar-refractivity contribution in [1.29, 1.82) is 0 Å². The molecule has 1 aliphatic carbocycles. The summed E-state index contributed by atoms with van der Waals surface area (Å²) >= 11 is 0. The van der Waals surface area contributed by atoms with Crippen molar-refractivity contribution in [2.24, 2.45) is 5.92 Å². The van der Waals surface area contributed by atoms with Crippen molar-refractivity contribution in [2.45, 2.75) is 45.1 Å². The normalized spacial score (nSPS) is 20.8. The van der Waals surface area contributed by atoms with Crippen LogP contribution in [-0.2, 0) is 6.42 Å². The van der Waals surface area contributed by atoms with Crippen LogP contribution in [0.1, 0.15) is 38.2 Å². The zero-order chi connectivity index (χ0) is 15.8. The molecule has 1 fully saturated rings. The first-order chi connectivity index (χ1) is 10.7. The van der Waals surface area contributed by atoms with Crippen LogP contribution in [-0.4, -0.2) is 41.8 Å². The number of benzene rings is 1. The van der Waals surface area contributed by atoms with E-state index < -0.39 is 0 Å². The molecule has 2 atom stereocenters. The van der Waals surface area contributed by atoms with Gasteiger partial charge in [0.15, 0.2) is 0 Å². The summed E-state index contributed by atoms with van der Waals surface area (Å²) in [5, 5.41) is 12.3. The molecule has 122 valence electrons. The number of aliphatic hydroxyl groups excluding tert-OH is 1. The van der Waals surface area contributed by atoms with Crippen molar-refractivity contribution in [3.63, 3.8) is 0 Å². The second-order valence-corrected chi connectivity index (χ2v) is 6.15. The van der Waals surface area contributed by atoms with Crippen LogP contribution >= 0.6 is 0 Å². The number of aliphatic hydroxyl groups is 1. The van der Waals surface area contributed by atoms with E-state index in [1.807, 2.05) is 13.0 Å². The van der Waals surface area contributed by atoms with Crippen LogP contribution in [0.25, 0.3) is 0 Å². The zero-order valence-corrected chi connectivity index (χ0v) is 13.5. The third-order valence-corrected chi connectivity index (χ3v) is 4.46. The summed E-state index contributed by atoms with van der Waals surface area (Å²) in [7, 11) is 0. The maximum Gasteiger partial charge on any atom is 0.317 e. The summed E-state index contributed by atoms with van der Waals surface area (Å²) in [6.45, 7) is 3.18. The molecule has 4 heteroatoms. The second kappa shape index (κ2) is 8.79. The van der Waals surface area contributed by atoms with Crippen LogP contribution in [0.5, 0.6) is 0 Å². The average Bonchev–Trinajstić information content (AvgIpc) is 2.95. The molecular formula is C18H28N2O2. The van der Waals surface area contributed by atoms with E-state index in [-0.39, 0.29) is 18.7 Å². The molecule has 1 aliphatic rings. The van der Waals surface area contributed by atoms with E-state index in [4.69, 9.17) is 5.11 Å². The number of nitrogens with zero attached hydrogens (tertiary/aromatic N) is 1. The fourth-order valence-electron chi connectivity index (χ4n) is 3.34. The highest BCUT2D eigenvalue weighted by Gasteiger charge is 2.29. The molecule has 2 unspecified atom stereocenters. The van der Waals surface area contributed by atoms with Crippen molar-refractivity contribution >= 4 is 6.03 Å². The lowest BCUT2D eigenvalue weighted by Crippen LogP contribution is -2.47. The molecule has 2 N–H and O–H groups in total. The van der Waals surface area contributed by atoms with Gasteiger partial charge in [0.25, 0.3) is 0 Å². The first kappa shape index (κ1) is 16.8. The fourth-order valence-corrected chi connectivity index (χ4v) is 3.34. The third-order valence-electron chi connectivity index (χ3n) is 4.46. The van der Waals surface area contributed by atoms with Crippen molar-refractivity contribution in [2.75, 3.05) is 19.7 Å². The summed E-state index contributed by atoms with van der Waals surface area (Å²) < 4.78 is 0. The van der Waals surface area contributed by atoms with E-state index >= 15 is 0 Å². The van der Waals surface area contributed by atoms with Gasteiger partial charge in [-0.25, -0.2) is 4.79 Å². The molecule has 0 saturated heterocycles. The van der Waals surface area contributed by atoms with E-state index in [0.717, 1.165) is 19.3 Å². The number of hydrogen-bond acceptors (Lipinski definition) is 2. The zero-order valence-electron chi connectivity index (χ0n) is 13.5. The van der Waals surface area contributed by atoms with Gasteiger partial charge >= 0.3 is 6.03 Å². The topological polar surface area (TPSA) is 52.6 Å². The van der Waals surface area contributed by atoms with E-state index in [0.29, 0.717) is 19.0 Å². The summed E-state index contributed by atoms with van der Waals surface area (Å²) in [6.07, 6.45) is 5.34. The first-order valence-corrected chi connectivity index (χ1v) is 8.44. The summed E-state index contributed by atoms with van der Waals surface area (Å²) in [5.74, 6) is 0.518. The Morgan fingerprint density at radius 3 is 2.73 bits per heavy atom. The van der Waals surface area contributed by atoms with Crippen LogP contribution in [0, 0.1) is 5.92 Å². The molecule has 0 radical (unpaired) electrons. The SMILES string of the molecule is CCCN(CCO)C(=O)NC1CCCC1Cc1ccccc1. The van der Waals surface area contributed by atoms with Crippen molar-refractivity contribution < 1.29 is 9.90 Å². The summed E-state index contributed by atoms with van der Waals surface area (Å²) in [5.41, 5.74) is 1.34. The second-order valence-electron chi connectivity index (χ2n) is 6.15. The number of carbonyl (C=O) groups is 1. The van der Waals surface area contributed by atoms with Crippen LogP contribution in [0.2, 0.25) is 0 Å². The number of urea groups is 1. The predicted molar refractivity (Wildman–Crippen MR) is 88.8 cm³/mol. The molecule has 1 aromatic carbocycles. The monoisotopic (exact) mass is 304 g/mol. The Labute approximate surface area is 133 Å². The number of hydrogen-bond donors (Lipinski definition) is 2. The molecule has 0 heterocycles. The lowest BCUT2D eigenvalue weighted by Gasteiger charge is -2.27. The smallest absolute Gasteiger partial charge is 0.317 e. The maximum absolute atomic E-state index is 12.4. The Kier molecular flexibility index (Phi) is 6.72. The van der Waals surface area contributed by atoms with E-state index in [2.05, 4.69) is 29.6 Å². The Balaban J connectivity index is 1.91. The van der Waals surface area contributed by atoms with Crippen molar-refractivity contribution in [3.8, 4) is 0 Å².